The van der Waals surface area contributed by atoms with Gasteiger partial charge in [0.25, 0.3) is 0 Å². The summed E-state index contributed by atoms with van der Waals surface area (Å²) in [6.07, 6.45) is 9.50. The second-order valence-corrected chi connectivity index (χ2v) is 15.8. The van der Waals surface area contributed by atoms with E-state index in [0.29, 0.717) is 43.1 Å². The van der Waals surface area contributed by atoms with Gasteiger partial charge in [0.2, 0.25) is 0 Å². The molecule has 2 aliphatic rings. The Labute approximate surface area is 258 Å². The average Bonchev–Trinajstić information content (AvgIpc) is 2.86. The number of carbonyl (C=O) groups is 2. The van der Waals surface area contributed by atoms with Crippen molar-refractivity contribution in [1.29, 1.82) is 0 Å². The Balaban J connectivity index is 0.000000609. The van der Waals surface area contributed by atoms with Crippen molar-refractivity contribution in [3.05, 3.63) is 0 Å². The molecule has 0 bridgehead atoms. The molecule has 0 aliphatic heterocycles. The van der Waals surface area contributed by atoms with E-state index in [0.717, 1.165) is 64.3 Å². The van der Waals surface area contributed by atoms with Gasteiger partial charge in [-0.15, -0.1) is 0 Å². The van der Waals surface area contributed by atoms with E-state index in [9.17, 15) is 9.59 Å². The summed E-state index contributed by atoms with van der Waals surface area (Å²) in [6, 6.07) is 0.387. The lowest BCUT2D eigenvalue weighted by atomic mass is 9.62. The van der Waals surface area contributed by atoms with E-state index in [-0.39, 0.29) is 34.5 Å². The van der Waals surface area contributed by atoms with Gasteiger partial charge in [-0.3, -0.25) is 0 Å². The molecule has 8 heteroatoms. The van der Waals surface area contributed by atoms with Crippen molar-refractivity contribution >= 4 is 12.2 Å². The fourth-order valence-corrected chi connectivity index (χ4v) is 7.72. The van der Waals surface area contributed by atoms with E-state index in [2.05, 4.69) is 79.9 Å². The van der Waals surface area contributed by atoms with E-state index >= 15 is 0 Å². The molecule has 0 aromatic rings. The molecular weight excluding hydrogens is 528 g/mol. The molecule has 0 aromatic carbocycles. The summed E-state index contributed by atoms with van der Waals surface area (Å²) in [5.74, 6) is 0.832. The van der Waals surface area contributed by atoms with E-state index in [4.69, 9.17) is 20.9 Å². The van der Waals surface area contributed by atoms with Gasteiger partial charge < -0.3 is 31.6 Å². The normalized spacial score (nSPS) is 28.4. The average molecular weight is 597 g/mol. The third-order valence-corrected chi connectivity index (χ3v) is 9.60. The molecule has 6 N–H and O–H groups in total. The molecule has 0 spiro atoms. The molecule has 0 radical (unpaired) electrons. The van der Waals surface area contributed by atoms with E-state index in [1.807, 2.05) is 0 Å². The number of hydrogen-bond acceptors (Lipinski definition) is 6. The van der Waals surface area contributed by atoms with Crippen LogP contribution in [0.15, 0.2) is 0 Å². The maximum atomic E-state index is 12.3. The number of nitrogens with one attached hydrogen (secondary N) is 2. The van der Waals surface area contributed by atoms with Crippen LogP contribution in [0.5, 0.6) is 0 Å². The first-order valence-electron chi connectivity index (χ1n) is 16.7. The number of ether oxygens (including phenoxy) is 2. The van der Waals surface area contributed by atoms with Gasteiger partial charge in [-0.05, 0) is 78.6 Å². The Bertz CT molecular complexity index is 811. The van der Waals surface area contributed by atoms with Crippen molar-refractivity contribution in [2.75, 3.05) is 26.3 Å². The number of hydrogen-bond donors (Lipinski definition) is 4. The van der Waals surface area contributed by atoms with Gasteiger partial charge in [-0.2, -0.15) is 0 Å². The van der Waals surface area contributed by atoms with Crippen molar-refractivity contribution in [3.63, 3.8) is 0 Å². The summed E-state index contributed by atoms with van der Waals surface area (Å²) in [6.45, 7) is 24.2. The fraction of sp³-hybridized carbons (Fsp3) is 0.941. The molecule has 2 amide bonds. The summed E-state index contributed by atoms with van der Waals surface area (Å²) in [5.41, 5.74) is 12.4. The van der Waals surface area contributed by atoms with Crippen molar-refractivity contribution in [1.82, 2.24) is 10.6 Å². The van der Waals surface area contributed by atoms with Gasteiger partial charge in [0.15, 0.2) is 0 Å². The van der Waals surface area contributed by atoms with Crippen LogP contribution in [0.4, 0.5) is 9.59 Å². The highest BCUT2D eigenvalue weighted by atomic mass is 16.6. The Kier molecular flexibility index (Phi) is 15.6. The highest BCUT2D eigenvalue weighted by Gasteiger charge is 2.42. The number of rotatable bonds is 12. The third-order valence-electron chi connectivity index (χ3n) is 9.60. The Morgan fingerprint density at radius 3 is 1.69 bits per heavy atom. The Morgan fingerprint density at radius 2 is 1.21 bits per heavy atom. The van der Waals surface area contributed by atoms with Crippen molar-refractivity contribution in [3.8, 4) is 0 Å². The van der Waals surface area contributed by atoms with E-state index in [1.54, 1.807) is 0 Å². The third kappa shape index (κ3) is 14.3. The molecule has 8 nitrogen and oxygen atoms in total. The fourth-order valence-electron chi connectivity index (χ4n) is 7.72. The Hall–Kier alpha value is -1.54. The summed E-state index contributed by atoms with van der Waals surface area (Å²) < 4.78 is 10.9. The monoisotopic (exact) mass is 597 g/mol. The second kappa shape index (κ2) is 17.1. The number of alkyl carbamates (subject to hydrolysis) is 2. The van der Waals surface area contributed by atoms with Crippen LogP contribution in [0.2, 0.25) is 0 Å². The summed E-state index contributed by atoms with van der Waals surface area (Å²) in [4.78, 5) is 24.5. The van der Waals surface area contributed by atoms with Gasteiger partial charge in [0, 0.05) is 18.6 Å². The minimum absolute atomic E-state index is 0.0373. The molecule has 2 aliphatic carbocycles. The van der Waals surface area contributed by atoms with Gasteiger partial charge in [-0.1, -0.05) is 94.9 Å². The zero-order valence-corrected chi connectivity index (χ0v) is 29.0. The largest absolute Gasteiger partial charge is 0.449 e. The van der Waals surface area contributed by atoms with Crippen LogP contribution in [-0.4, -0.2) is 50.6 Å². The van der Waals surface area contributed by atoms with Crippen LogP contribution >= 0.6 is 0 Å². The predicted molar refractivity (Wildman–Crippen MR) is 174 cm³/mol. The first kappa shape index (κ1) is 38.5. The van der Waals surface area contributed by atoms with Crippen LogP contribution in [0.1, 0.15) is 133 Å². The van der Waals surface area contributed by atoms with Crippen LogP contribution in [-0.2, 0) is 9.47 Å². The lowest BCUT2D eigenvalue weighted by Gasteiger charge is -2.46. The maximum absolute atomic E-state index is 12.3. The zero-order valence-electron chi connectivity index (χ0n) is 29.0. The molecule has 0 aromatic heterocycles. The highest BCUT2D eigenvalue weighted by molar-refractivity contribution is 5.68. The summed E-state index contributed by atoms with van der Waals surface area (Å²) in [5, 5.41) is 6.03. The zero-order chi connectivity index (χ0) is 32.2. The van der Waals surface area contributed by atoms with E-state index < -0.39 is 0 Å². The summed E-state index contributed by atoms with van der Waals surface area (Å²) >= 11 is 0. The molecule has 0 saturated heterocycles. The predicted octanol–water partition coefficient (Wildman–Crippen LogP) is 7.39. The lowest BCUT2D eigenvalue weighted by Crippen LogP contribution is -2.50. The number of amides is 2. The molecular formula is C34H68N4O4. The van der Waals surface area contributed by atoms with Crippen molar-refractivity contribution < 1.29 is 19.1 Å². The quantitative estimate of drug-likeness (QED) is 0.186. The van der Waals surface area contributed by atoms with E-state index in [1.165, 1.54) is 6.42 Å². The molecule has 0 heterocycles. The van der Waals surface area contributed by atoms with Crippen LogP contribution in [0, 0.1) is 33.5 Å². The van der Waals surface area contributed by atoms with Crippen LogP contribution in [0.25, 0.3) is 0 Å². The topological polar surface area (TPSA) is 129 Å². The van der Waals surface area contributed by atoms with Crippen molar-refractivity contribution in [2.24, 2.45) is 45.0 Å². The molecule has 2 saturated carbocycles. The van der Waals surface area contributed by atoms with Gasteiger partial charge >= 0.3 is 12.2 Å². The molecule has 2 rings (SSSR count). The van der Waals surface area contributed by atoms with Gasteiger partial charge in [0.05, 0.1) is 13.2 Å². The van der Waals surface area contributed by atoms with Gasteiger partial charge in [0.1, 0.15) is 0 Å². The minimum atomic E-state index is -0.347. The van der Waals surface area contributed by atoms with Crippen LogP contribution in [0.3, 0.4) is 0 Å². The minimum Gasteiger partial charge on any atom is -0.449 e. The standard InChI is InChI=1S/C24H46N2O4.C10H22N2/c1-8-18(9-2)14-29-21(27)25-17-24(7)13-20(12-23(5,6)16-24)26-22(28)30-15-19(10-3)11-4;1-9(2)4-8(12)5-10(3,6-9)7-11/h18-20H,8-17H2,1-7H3,(H,25,27)(H,26,28);8H,4-7,11-12H2,1-3H3. The molecule has 4 unspecified atom stereocenters. The number of nitrogens with two attached hydrogens (primary N) is 2. The highest BCUT2D eigenvalue weighted by Crippen LogP contribution is 2.46. The summed E-state index contributed by atoms with van der Waals surface area (Å²) in [7, 11) is 0. The molecule has 42 heavy (non-hydrogen) atoms. The Morgan fingerprint density at radius 1 is 0.738 bits per heavy atom. The SMILES string of the molecule is CC1(C)CC(N)CC(C)(CN)C1.CCC(CC)COC(=O)NCC1(C)CC(NC(=O)OCC(CC)CC)CC(C)(C)C1. The maximum Gasteiger partial charge on any atom is 0.407 e. The molecule has 2 fully saturated rings. The molecule has 248 valence electrons. The van der Waals surface area contributed by atoms with Crippen LogP contribution < -0.4 is 22.1 Å². The lowest BCUT2D eigenvalue weighted by molar-refractivity contribution is 0.0588. The number of carbonyl (C=O) groups excluding carboxylic acids is 2. The van der Waals surface area contributed by atoms with Crippen molar-refractivity contribution in [2.45, 2.75) is 146 Å². The molecule has 4 atom stereocenters. The smallest absolute Gasteiger partial charge is 0.407 e. The van der Waals surface area contributed by atoms with Gasteiger partial charge in [-0.25, -0.2) is 9.59 Å². The first-order valence-corrected chi connectivity index (χ1v) is 16.7. The second-order valence-electron chi connectivity index (χ2n) is 15.8. The first-order chi connectivity index (χ1) is 19.4.